The predicted molar refractivity (Wildman–Crippen MR) is 374 cm³/mol. The van der Waals surface area contributed by atoms with Crippen LogP contribution in [0.5, 0.6) is 0 Å². The van der Waals surface area contributed by atoms with Crippen molar-refractivity contribution in [3.63, 3.8) is 0 Å². The molecule has 0 spiro atoms. The first kappa shape index (κ1) is 89.6. The monoisotopic (exact) mass is 1410 g/mol. The van der Waals surface area contributed by atoms with Crippen molar-refractivity contribution in [3.05, 3.63) is 12.2 Å². The molecule has 576 valence electrons. The summed E-state index contributed by atoms with van der Waals surface area (Å²) in [5.74, 6) is -4.17. The molecule has 0 unspecified atom stereocenters. The van der Waals surface area contributed by atoms with Gasteiger partial charge in [0.1, 0.15) is 73.8 Å². The van der Waals surface area contributed by atoms with Crippen LogP contribution in [0.3, 0.4) is 0 Å². The summed E-state index contributed by atoms with van der Waals surface area (Å²) in [5, 5.41) is 17.5. The molecule has 0 aromatic rings. The third kappa shape index (κ3) is 31.0. The van der Waals surface area contributed by atoms with E-state index in [1.807, 2.05) is 6.08 Å². The van der Waals surface area contributed by atoms with Gasteiger partial charge in [0.2, 0.25) is 11.8 Å². The molecule has 3 aliphatic rings. The Morgan fingerprint density at radius 2 is 1.07 bits per heavy atom. The van der Waals surface area contributed by atoms with Gasteiger partial charge >= 0.3 is 5.97 Å². The van der Waals surface area contributed by atoms with Crippen LogP contribution in [-0.4, -0.2) is 251 Å². The van der Waals surface area contributed by atoms with Crippen molar-refractivity contribution >= 4 is 17.8 Å². The lowest BCUT2D eigenvalue weighted by Gasteiger charge is -2.49. The first-order chi connectivity index (χ1) is 47.5. The number of methoxy groups -OCH3 is 12. The van der Waals surface area contributed by atoms with Gasteiger partial charge in [-0.25, -0.2) is 4.79 Å². The maximum Gasteiger partial charge on any atom is 0.364 e. The van der Waals surface area contributed by atoms with E-state index in [1.54, 1.807) is 28.3 Å². The van der Waals surface area contributed by atoms with Crippen molar-refractivity contribution in [2.24, 2.45) is 5.92 Å². The van der Waals surface area contributed by atoms with Crippen LogP contribution in [0.4, 0.5) is 0 Å². The fourth-order valence-corrected chi connectivity index (χ4v) is 14.0. The Balaban J connectivity index is 1.83. The van der Waals surface area contributed by atoms with E-state index in [-0.39, 0.29) is 19.1 Å². The Kier molecular flexibility index (Phi) is 48.7. The normalized spacial score (nSPS) is 27.7. The van der Waals surface area contributed by atoms with Crippen LogP contribution in [0, 0.1) is 5.92 Å². The van der Waals surface area contributed by atoms with Gasteiger partial charge in [-0.1, -0.05) is 193 Å². The Morgan fingerprint density at radius 3 is 1.54 bits per heavy atom. The molecule has 3 rings (SSSR count). The maximum atomic E-state index is 14.4. The number of carbonyl (C=O) groups excluding carboxylic acids is 2. The minimum Gasteiger partial charge on any atom is -0.477 e. The second-order valence-corrected chi connectivity index (χ2v) is 27.3. The smallest absolute Gasteiger partial charge is 0.364 e. The Morgan fingerprint density at radius 1 is 0.561 bits per heavy atom. The topological polar surface area (TPSA) is 262 Å². The zero-order valence-corrected chi connectivity index (χ0v) is 63.5. The standard InChI is InChI=1S/C74H138N2O22/c1-17-18-19-20-21-22-23-24-25-26-27-28-29-30-33-37-40-43-46-56(83-7)70(78)75-54(55(82-6)45-42-39-36-34-31-32-35-38-41-44-52(2)3)48-93-72-69(92-16)67(90-14)64(88-12)59(97-72)50-95-74(73(79)80)47-57(84-8)61(65(98-74)63(87-11)58(85-9)49-81-5)76-60(77)51-94-71-68(91-15)66(89-13)62(86-10)53(4)96-71/h42,45,52-59,61-69,71-72H,17-41,43-44,46-51H2,1-16H3,(H,75,78)(H,76,77)(H,79,80)/b45-42+/t53-,54-,55+,56+,57-,58+,59+,61+,62+,63+,64+,65+,66+,67-,68-,69+,71+,72+,74+/m0/s1. The van der Waals surface area contributed by atoms with Crippen LogP contribution in [0.25, 0.3) is 0 Å². The van der Waals surface area contributed by atoms with Crippen molar-refractivity contribution in [1.82, 2.24) is 10.6 Å². The van der Waals surface area contributed by atoms with E-state index < -0.39 is 147 Å². The van der Waals surface area contributed by atoms with Gasteiger partial charge in [-0.15, -0.1) is 0 Å². The number of amides is 2. The summed E-state index contributed by atoms with van der Waals surface area (Å²) in [7, 11) is 17.9. The van der Waals surface area contributed by atoms with E-state index >= 15 is 0 Å². The zero-order chi connectivity index (χ0) is 72.1. The Hall–Kier alpha value is -2.57. The number of allylic oxidation sites excluding steroid dienone is 1. The molecule has 3 fully saturated rings. The molecular weight excluding hydrogens is 1270 g/mol. The molecule has 0 bridgehead atoms. The average molecular weight is 1410 g/mol. The molecule has 3 aliphatic heterocycles. The highest BCUT2D eigenvalue weighted by Crippen LogP contribution is 2.38. The molecule has 0 radical (unpaired) electrons. The Labute approximate surface area is 590 Å². The summed E-state index contributed by atoms with van der Waals surface area (Å²) in [4.78, 5) is 42.4. The van der Waals surface area contributed by atoms with Gasteiger partial charge in [0.05, 0.1) is 50.2 Å². The molecular formula is C74H138N2O22. The predicted octanol–water partition coefficient (Wildman–Crippen LogP) is 11.0. The van der Waals surface area contributed by atoms with Gasteiger partial charge in [0.15, 0.2) is 12.6 Å². The lowest BCUT2D eigenvalue weighted by Crippen LogP contribution is -2.69. The highest BCUT2D eigenvalue weighted by atomic mass is 16.8. The molecule has 0 aromatic heterocycles. The number of carboxylic acid groups (broad SMARTS) is 1. The lowest BCUT2D eigenvalue weighted by atomic mass is 9.88. The van der Waals surface area contributed by atoms with Crippen molar-refractivity contribution in [2.75, 3.05) is 112 Å². The largest absolute Gasteiger partial charge is 0.477 e. The number of carbonyl (C=O) groups is 3. The average Bonchev–Trinajstić information content (AvgIpc) is 0.762. The molecule has 3 saturated heterocycles. The fraction of sp³-hybridized carbons (Fsp3) is 0.932. The first-order valence-electron chi connectivity index (χ1n) is 37.2. The van der Waals surface area contributed by atoms with Crippen molar-refractivity contribution in [1.29, 1.82) is 0 Å². The Bertz CT molecular complexity index is 2050. The molecule has 24 heteroatoms. The highest BCUT2D eigenvalue weighted by molar-refractivity contribution is 5.81. The number of hydrogen-bond acceptors (Lipinski definition) is 21. The van der Waals surface area contributed by atoms with E-state index in [9.17, 15) is 19.5 Å². The number of unbranched alkanes of at least 4 members (excludes halogenated alkanes) is 24. The van der Waals surface area contributed by atoms with Crippen LogP contribution in [0.1, 0.15) is 214 Å². The van der Waals surface area contributed by atoms with E-state index in [1.165, 1.54) is 199 Å². The summed E-state index contributed by atoms with van der Waals surface area (Å²) >= 11 is 0. The zero-order valence-electron chi connectivity index (χ0n) is 63.5. The van der Waals surface area contributed by atoms with Gasteiger partial charge in [-0.3, -0.25) is 9.59 Å². The van der Waals surface area contributed by atoms with Crippen LogP contribution in [0.15, 0.2) is 12.2 Å². The third-order valence-corrected chi connectivity index (χ3v) is 19.7. The van der Waals surface area contributed by atoms with Gasteiger partial charge in [-0.2, -0.15) is 0 Å². The summed E-state index contributed by atoms with van der Waals surface area (Å²) in [6.45, 7) is 7.50. The second-order valence-electron chi connectivity index (χ2n) is 27.3. The molecule has 0 aliphatic carbocycles. The number of ether oxygens (including phenoxy) is 18. The van der Waals surface area contributed by atoms with Gasteiger partial charge in [0, 0.05) is 91.7 Å². The molecule has 19 atom stereocenters. The van der Waals surface area contributed by atoms with Gasteiger partial charge in [0.25, 0.3) is 5.79 Å². The third-order valence-electron chi connectivity index (χ3n) is 19.7. The summed E-state index contributed by atoms with van der Waals surface area (Å²) in [6.07, 6.45) is 23.5. The van der Waals surface area contributed by atoms with Crippen LogP contribution in [0.2, 0.25) is 0 Å². The number of hydrogen-bond donors (Lipinski definition) is 3. The van der Waals surface area contributed by atoms with E-state index in [4.69, 9.17) is 85.3 Å². The minimum atomic E-state index is -2.47. The summed E-state index contributed by atoms with van der Waals surface area (Å²) in [5.41, 5.74) is 0. The second kappa shape index (κ2) is 53.2. The fourth-order valence-electron chi connectivity index (χ4n) is 14.0. The molecule has 3 N–H and O–H groups in total. The van der Waals surface area contributed by atoms with Gasteiger partial charge < -0.3 is 101 Å². The number of aliphatic carboxylic acids is 1. The quantitative estimate of drug-likeness (QED) is 0.0377. The SMILES string of the molecule is CCCCCCCCCCCCCCCCCCCC[C@@H](OC)C(=O)N[C@@H](CO[C@@H]1O[C@H](CO[C@]2(C(=O)O)C[C@H](OC)[C@@H](NC(=O)CO[C@@H]3O[C@@H](C)[C@@H](OC)[C@@H](OC)[C@@H]3OC)[C@H]([C@H](OC)[C@@H](COC)OC)O2)[C@@H](OC)[C@H](OC)[C@H]1OC)[C@@H](/C=C/CCCCCCCCCC(C)C)OC. The summed E-state index contributed by atoms with van der Waals surface area (Å²) < 4.78 is 109. The van der Waals surface area contributed by atoms with Crippen molar-refractivity contribution in [3.8, 4) is 0 Å². The molecule has 0 aromatic carbocycles. The molecule has 98 heavy (non-hydrogen) atoms. The lowest BCUT2D eigenvalue weighted by molar-refractivity contribution is -0.345. The molecule has 3 heterocycles. The van der Waals surface area contributed by atoms with E-state index in [2.05, 4.69) is 37.5 Å². The van der Waals surface area contributed by atoms with E-state index in [0.29, 0.717) is 6.42 Å². The minimum absolute atomic E-state index is 0.0145. The van der Waals surface area contributed by atoms with Crippen LogP contribution >= 0.6 is 0 Å². The number of carboxylic acids is 1. The summed E-state index contributed by atoms with van der Waals surface area (Å²) in [6, 6.07) is -1.83. The molecule has 2 amide bonds. The van der Waals surface area contributed by atoms with Gasteiger partial charge in [-0.05, 0) is 32.1 Å². The van der Waals surface area contributed by atoms with Crippen molar-refractivity contribution in [2.45, 2.75) is 330 Å². The van der Waals surface area contributed by atoms with Crippen LogP contribution in [-0.2, 0) is 99.6 Å². The molecule has 0 saturated carbocycles. The van der Waals surface area contributed by atoms with Crippen LogP contribution < -0.4 is 10.6 Å². The number of nitrogens with one attached hydrogen (secondary N) is 2. The molecule has 24 nitrogen and oxygen atoms in total. The first-order valence-corrected chi connectivity index (χ1v) is 37.2. The maximum absolute atomic E-state index is 14.4. The number of rotatable bonds is 59. The van der Waals surface area contributed by atoms with Crippen molar-refractivity contribution < 1.29 is 105 Å². The highest BCUT2D eigenvalue weighted by Gasteiger charge is 2.58. The van der Waals surface area contributed by atoms with E-state index in [0.717, 1.165) is 44.4 Å².